The Bertz CT molecular complexity index is 451. The quantitative estimate of drug-likeness (QED) is 0.848. The Morgan fingerprint density at radius 3 is 3.06 bits per heavy atom. The van der Waals surface area contributed by atoms with Crippen LogP contribution in [-0.4, -0.2) is 19.7 Å². The molecule has 5 nitrogen and oxygen atoms in total. The van der Waals surface area contributed by atoms with Gasteiger partial charge in [-0.3, -0.25) is 4.98 Å². The van der Waals surface area contributed by atoms with Crippen molar-refractivity contribution in [2.45, 2.75) is 33.0 Å². The van der Waals surface area contributed by atoms with Gasteiger partial charge in [0.25, 0.3) is 0 Å². The van der Waals surface area contributed by atoms with Gasteiger partial charge in [0.1, 0.15) is 12.2 Å². The summed E-state index contributed by atoms with van der Waals surface area (Å²) < 4.78 is 1.89. The van der Waals surface area contributed by atoms with Crippen LogP contribution in [0.1, 0.15) is 31.3 Å². The van der Waals surface area contributed by atoms with Crippen molar-refractivity contribution in [1.29, 1.82) is 0 Å². The molecule has 0 bridgehead atoms. The minimum Gasteiger partial charge on any atom is -0.303 e. The highest BCUT2D eigenvalue weighted by Gasteiger charge is 2.07. The molecule has 0 saturated carbocycles. The van der Waals surface area contributed by atoms with Gasteiger partial charge in [-0.1, -0.05) is 6.07 Å². The van der Waals surface area contributed by atoms with Crippen molar-refractivity contribution in [3.05, 3.63) is 42.2 Å². The molecular weight excluding hydrogens is 214 g/mol. The topological polar surface area (TPSA) is 55.6 Å². The van der Waals surface area contributed by atoms with Gasteiger partial charge in [0, 0.05) is 25.0 Å². The van der Waals surface area contributed by atoms with Crippen LogP contribution in [0.15, 0.2) is 30.9 Å². The number of aromatic nitrogens is 4. The molecule has 1 unspecified atom stereocenters. The summed E-state index contributed by atoms with van der Waals surface area (Å²) >= 11 is 0. The van der Waals surface area contributed by atoms with E-state index in [1.54, 1.807) is 12.5 Å². The van der Waals surface area contributed by atoms with Gasteiger partial charge >= 0.3 is 0 Å². The first-order valence-electron chi connectivity index (χ1n) is 5.81. The molecule has 0 aliphatic rings. The average molecular weight is 231 g/mol. The van der Waals surface area contributed by atoms with E-state index in [-0.39, 0.29) is 6.04 Å². The minimum absolute atomic E-state index is 0.255. The first kappa shape index (κ1) is 11.7. The number of hydrogen-bond donors (Lipinski definition) is 1. The molecule has 0 amide bonds. The number of aryl methyl sites for hydroxylation is 1. The lowest BCUT2D eigenvalue weighted by molar-refractivity contribution is 0.523. The first-order chi connectivity index (χ1) is 8.31. The minimum atomic E-state index is 0.255. The fraction of sp³-hybridized carbons (Fsp3) is 0.417. The molecule has 1 atom stereocenters. The molecule has 0 spiro atoms. The van der Waals surface area contributed by atoms with Gasteiger partial charge in [-0.15, -0.1) is 0 Å². The maximum atomic E-state index is 4.23. The van der Waals surface area contributed by atoms with Gasteiger partial charge in [0.2, 0.25) is 0 Å². The molecular formula is C12H17N5. The number of hydrogen-bond acceptors (Lipinski definition) is 4. The van der Waals surface area contributed by atoms with Crippen LogP contribution in [0.2, 0.25) is 0 Å². The van der Waals surface area contributed by atoms with Gasteiger partial charge in [-0.2, -0.15) is 5.10 Å². The van der Waals surface area contributed by atoms with Crippen molar-refractivity contribution in [2.24, 2.45) is 0 Å². The molecule has 0 aliphatic carbocycles. The summed E-state index contributed by atoms with van der Waals surface area (Å²) in [5.41, 5.74) is 1.18. The lowest BCUT2D eigenvalue weighted by atomic mass is 10.1. The van der Waals surface area contributed by atoms with E-state index in [0.717, 1.165) is 12.4 Å². The summed E-state index contributed by atoms with van der Waals surface area (Å²) in [7, 11) is 0. The summed E-state index contributed by atoms with van der Waals surface area (Å²) in [5.74, 6) is 0.961. The van der Waals surface area contributed by atoms with Gasteiger partial charge < -0.3 is 5.32 Å². The standard InChI is InChI=1S/C12H17N5/c1-3-17-12(15-9-16-17)8-14-10(2)11-5-4-6-13-7-11/h4-7,9-10,14H,3,8H2,1-2H3. The molecule has 0 fully saturated rings. The molecule has 2 aromatic rings. The zero-order chi connectivity index (χ0) is 12.1. The first-order valence-corrected chi connectivity index (χ1v) is 5.81. The van der Waals surface area contributed by atoms with Gasteiger partial charge in [0.15, 0.2) is 0 Å². The zero-order valence-corrected chi connectivity index (χ0v) is 10.2. The molecule has 0 aromatic carbocycles. The third kappa shape index (κ3) is 2.88. The fourth-order valence-electron chi connectivity index (χ4n) is 1.68. The summed E-state index contributed by atoms with van der Waals surface area (Å²) in [4.78, 5) is 8.34. The molecule has 2 aromatic heterocycles. The second-order valence-electron chi connectivity index (χ2n) is 3.88. The molecule has 0 radical (unpaired) electrons. The third-order valence-corrected chi connectivity index (χ3v) is 2.75. The van der Waals surface area contributed by atoms with Crippen molar-refractivity contribution in [2.75, 3.05) is 0 Å². The number of nitrogens with one attached hydrogen (secondary N) is 1. The lowest BCUT2D eigenvalue weighted by Gasteiger charge is -2.13. The molecule has 90 valence electrons. The van der Waals surface area contributed by atoms with Crippen LogP contribution in [-0.2, 0) is 13.1 Å². The van der Waals surface area contributed by atoms with E-state index in [4.69, 9.17) is 0 Å². The van der Waals surface area contributed by atoms with Crippen LogP contribution in [0, 0.1) is 0 Å². The van der Waals surface area contributed by atoms with Crippen molar-refractivity contribution < 1.29 is 0 Å². The number of rotatable bonds is 5. The Hall–Kier alpha value is -1.75. The monoisotopic (exact) mass is 231 g/mol. The van der Waals surface area contributed by atoms with Gasteiger partial charge in [0.05, 0.1) is 6.54 Å². The Labute approximate surface area is 101 Å². The maximum absolute atomic E-state index is 4.23. The van der Waals surface area contributed by atoms with E-state index in [1.807, 2.05) is 16.9 Å². The third-order valence-electron chi connectivity index (χ3n) is 2.75. The predicted molar refractivity (Wildman–Crippen MR) is 65.2 cm³/mol. The van der Waals surface area contributed by atoms with Crippen molar-refractivity contribution in [3.63, 3.8) is 0 Å². The zero-order valence-electron chi connectivity index (χ0n) is 10.2. The van der Waals surface area contributed by atoms with Crippen LogP contribution in [0.4, 0.5) is 0 Å². The van der Waals surface area contributed by atoms with Crippen LogP contribution in [0.3, 0.4) is 0 Å². The molecule has 17 heavy (non-hydrogen) atoms. The van der Waals surface area contributed by atoms with E-state index in [9.17, 15) is 0 Å². The second-order valence-corrected chi connectivity index (χ2v) is 3.88. The second kappa shape index (κ2) is 5.54. The molecule has 2 rings (SSSR count). The Balaban J connectivity index is 1.95. The fourth-order valence-corrected chi connectivity index (χ4v) is 1.68. The molecule has 2 heterocycles. The van der Waals surface area contributed by atoms with Gasteiger partial charge in [-0.05, 0) is 25.5 Å². The highest BCUT2D eigenvalue weighted by molar-refractivity contribution is 5.12. The van der Waals surface area contributed by atoms with Crippen molar-refractivity contribution in [1.82, 2.24) is 25.1 Å². The van der Waals surface area contributed by atoms with Gasteiger partial charge in [-0.25, -0.2) is 9.67 Å². The van der Waals surface area contributed by atoms with Crippen LogP contribution < -0.4 is 5.32 Å². The van der Waals surface area contributed by atoms with E-state index in [0.29, 0.717) is 6.54 Å². The highest BCUT2D eigenvalue weighted by atomic mass is 15.3. The van der Waals surface area contributed by atoms with Crippen molar-refractivity contribution in [3.8, 4) is 0 Å². The Kier molecular flexibility index (Phi) is 3.82. The van der Waals surface area contributed by atoms with Crippen molar-refractivity contribution >= 4 is 0 Å². The average Bonchev–Trinajstić information content (AvgIpc) is 2.84. The molecule has 0 saturated heterocycles. The van der Waals surface area contributed by atoms with Crippen LogP contribution in [0.25, 0.3) is 0 Å². The summed E-state index contributed by atoms with van der Waals surface area (Å²) in [6.07, 6.45) is 5.25. The smallest absolute Gasteiger partial charge is 0.140 e. The highest BCUT2D eigenvalue weighted by Crippen LogP contribution is 2.10. The van der Waals surface area contributed by atoms with E-state index >= 15 is 0 Å². The summed E-state index contributed by atoms with van der Waals surface area (Å²) in [6.45, 7) is 5.73. The largest absolute Gasteiger partial charge is 0.303 e. The SMILES string of the molecule is CCn1ncnc1CNC(C)c1cccnc1. The van der Waals surface area contributed by atoms with E-state index in [2.05, 4.69) is 40.3 Å². The van der Waals surface area contributed by atoms with E-state index in [1.165, 1.54) is 5.56 Å². The van der Waals surface area contributed by atoms with Crippen LogP contribution >= 0.6 is 0 Å². The Morgan fingerprint density at radius 2 is 2.35 bits per heavy atom. The molecule has 5 heteroatoms. The molecule has 0 aliphatic heterocycles. The predicted octanol–water partition coefficient (Wildman–Crippen LogP) is 1.54. The van der Waals surface area contributed by atoms with Crippen LogP contribution in [0.5, 0.6) is 0 Å². The lowest BCUT2D eigenvalue weighted by Crippen LogP contribution is -2.21. The maximum Gasteiger partial charge on any atom is 0.140 e. The Morgan fingerprint density at radius 1 is 1.47 bits per heavy atom. The normalized spacial score (nSPS) is 12.6. The summed E-state index contributed by atoms with van der Waals surface area (Å²) in [6, 6.07) is 4.27. The van der Waals surface area contributed by atoms with E-state index < -0.39 is 0 Å². The number of nitrogens with zero attached hydrogens (tertiary/aromatic N) is 4. The summed E-state index contributed by atoms with van der Waals surface area (Å²) in [5, 5.41) is 7.55. The number of pyridine rings is 1. The molecule has 1 N–H and O–H groups in total.